The van der Waals surface area contributed by atoms with Gasteiger partial charge in [0.05, 0.1) is 11.6 Å². The summed E-state index contributed by atoms with van der Waals surface area (Å²) in [5, 5.41) is 5.64. The number of benzene rings is 3. The van der Waals surface area contributed by atoms with Crippen molar-refractivity contribution in [1.82, 2.24) is 5.32 Å². The predicted molar refractivity (Wildman–Crippen MR) is 125 cm³/mol. The van der Waals surface area contributed by atoms with Crippen molar-refractivity contribution in [2.45, 2.75) is 26.6 Å². The monoisotopic (exact) mass is 483 g/mol. The van der Waals surface area contributed by atoms with Gasteiger partial charge in [-0.25, -0.2) is 0 Å². The number of halogens is 4. The van der Waals surface area contributed by atoms with Crippen molar-refractivity contribution in [3.8, 4) is 11.5 Å². The van der Waals surface area contributed by atoms with Crippen LogP contribution in [-0.2, 0) is 19.7 Å². The molecule has 3 nitrogen and oxygen atoms in total. The summed E-state index contributed by atoms with van der Waals surface area (Å²) in [7, 11) is 0. The number of rotatable bonds is 9. The van der Waals surface area contributed by atoms with E-state index in [2.05, 4.69) is 5.32 Å². The van der Waals surface area contributed by atoms with Crippen LogP contribution in [0.4, 0.5) is 0 Å². The molecule has 0 fully saturated rings. The zero-order valence-electron chi connectivity index (χ0n) is 16.4. The molecule has 0 aromatic heterocycles. The molecule has 1 N–H and O–H groups in total. The summed E-state index contributed by atoms with van der Waals surface area (Å²) >= 11 is 25.2. The minimum absolute atomic E-state index is 0.183. The molecule has 0 unspecified atom stereocenters. The van der Waals surface area contributed by atoms with Gasteiger partial charge in [-0.15, -0.1) is 0 Å². The quantitative estimate of drug-likeness (QED) is 0.339. The maximum Gasteiger partial charge on any atom is 0.180 e. The third-order valence-electron chi connectivity index (χ3n) is 4.39. The van der Waals surface area contributed by atoms with Gasteiger partial charge in [0.2, 0.25) is 0 Å². The molecular weight excluding hydrogens is 464 g/mol. The molecule has 0 aliphatic rings. The van der Waals surface area contributed by atoms with E-state index >= 15 is 0 Å². The second kappa shape index (κ2) is 11.1. The molecule has 3 aromatic rings. The van der Waals surface area contributed by atoms with Gasteiger partial charge in [0.1, 0.15) is 6.61 Å². The van der Waals surface area contributed by atoms with E-state index in [1.807, 2.05) is 43.3 Å². The second-order valence-electron chi connectivity index (χ2n) is 6.52. The lowest BCUT2D eigenvalue weighted by molar-refractivity contribution is 0.269. The predicted octanol–water partition coefficient (Wildman–Crippen LogP) is 7.57. The molecule has 30 heavy (non-hydrogen) atoms. The molecular formula is C23H21Cl4NO2. The highest BCUT2D eigenvalue weighted by molar-refractivity contribution is 6.36. The van der Waals surface area contributed by atoms with Crippen LogP contribution in [0.15, 0.2) is 54.6 Å². The van der Waals surface area contributed by atoms with Gasteiger partial charge < -0.3 is 14.8 Å². The van der Waals surface area contributed by atoms with Gasteiger partial charge in [0.15, 0.2) is 11.5 Å². The maximum absolute atomic E-state index is 6.52. The number of ether oxygens (including phenoxy) is 2. The Morgan fingerprint density at radius 1 is 0.767 bits per heavy atom. The first-order valence-corrected chi connectivity index (χ1v) is 11.0. The van der Waals surface area contributed by atoms with Crippen LogP contribution in [0.1, 0.15) is 23.6 Å². The highest BCUT2D eigenvalue weighted by Crippen LogP contribution is 2.38. The Bertz CT molecular complexity index is 990. The van der Waals surface area contributed by atoms with E-state index in [1.54, 1.807) is 18.2 Å². The van der Waals surface area contributed by atoms with E-state index in [0.29, 0.717) is 51.8 Å². The van der Waals surface area contributed by atoms with E-state index < -0.39 is 0 Å². The van der Waals surface area contributed by atoms with E-state index in [-0.39, 0.29) is 6.61 Å². The van der Waals surface area contributed by atoms with Crippen LogP contribution in [0.25, 0.3) is 0 Å². The molecule has 0 heterocycles. The molecule has 0 bridgehead atoms. The Hall–Kier alpha value is -1.62. The van der Waals surface area contributed by atoms with Crippen LogP contribution >= 0.6 is 46.4 Å². The molecule has 0 aliphatic carbocycles. The molecule has 0 saturated carbocycles. The summed E-state index contributed by atoms with van der Waals surface area (Å²) in [6.07, 6.45) is 0. The second-order valence-corrected chi connectivity index (χ2v) is 8.15. The smallest absolute Gasteiger partial charge is 0.180 e. The lowest BCUT2D eigenvalue weighted by Gasteiger charge is -2.16. The SMILES string of the molecule is CCOc1cc(CNCc2ccccc2Cl)cc(Cl)c1OCc1c(Cl)cccc1Cl. The van der Waals surface area contributed by atoms with Crippen molar-refractivity contribution < 1.29 is 9.47 Å². The molecule has 0 saturated heterocycles. The fraction of sp³-hybridized carbons (Fsp3) is 0.217. The molecule has 0 radical (unpaired) electrons. The first-order valence-electron chi connectivity index (χ1n) is 9.44. The van der Waals surface area contributed by atoms with Crippen LogP contribution in [0.5, 0.6) is 11.5 Å². The Morgan fingerprint density at radius 2 is 1.47 bits per heavy atom. The number of nitrogens with one attached hydrogen (secondary N) is 1. The van der Waals surface area contributed by atoms with Crippen molar-refractivity contribution >= 4 is 46.4 Å². The molecule has 3 aromatic carbocycles. The average Bonchev–Trinajstić information content (AvgIpc) is 2.71. The summed E-state index contributed by atoms with van der Waals surface area (Å²) < 4.78 is 11.7. The molecule has 0 aliphatic heterocycles. The molecule has 3 rings (SSSR count). The third kappa shape index (κ3) is 5.96. The van der Waals surface area contributed by atoms with Crippen molar-refractivity contribution in [2.24, 2.45) is 0 Å². The molecule has 7 heteroatoms. The first kappa shape index (κ1) is 23.1. The summed E-state index contributed by atoms with van der Waals surface area (Å²) in [4.78, 5) is 0. The molecule has 0 atom stereocenters. The van der Waals surface area contributed by atoms with E-state index in [9.17, 15) is 0 Å². The Morgan fingerprint density at radius 3 is 2.17 bits per heavy atom. The minimum atomic E-state index is 0.183. The van der Waals surface area contributed by atoms with Crippen LogP contribution in [0.3, 0.4) is 0 Å². The van der Waals surface area contributed by atoms with Crippen LogP contribution < -0.4 is 14.8 Å². The minimum Gasteiger partial charge on any atom is -0.490 e. The molecule has 0 amide bonds. The first-order chi connectivity index (χ1) is 14.5. The normalized spacial score (nSPS) is 10.8. The number of hydrogen-bond acceptors (Lipinski definition) is 3. The van der Waals surface area contributed by atoms with Crippen molar-refractivity contribution in [2.75, 3.05) is 6.61 Å². The third-order valence-corrected chi connectivity index (χ3v) is 5.75. The standard InChI is InChI=1S/C23H21Cl4NO2/c1-2-29-22-11-15(12-28-13-16-6-3-4-7-18(16)24)10-21(27)23(22)30-14-17-19(25)8-5-9-20(17)26/h3-11,28H,2,12-14H2,1H3. The summed E-state index contributed by atoms with van der Waals surface area (Å²) in [5.41, 5.74) is 2.70. The molecule has 158 valence electrons. The summed E-state index contributed by atoms with van der Waals surface area (Å²) in [5.74, 6) is 1.03. The zero-order chi connectivity index (χ0) is 21.5. The topological polar surface area (TPSA) is 30.5 Å². The molecule has 0 spiro atoms. The maximum atomic E-state index is 6.52. The van der Waals surface area contributed by atoms with E-state index in [0.717, 1.165) is 16.1 Å². The zero-order valence-corrected chi connectivity index (χ0v) is 19.4. The summed E-state index contributed by atoms with van der Waals surface area (Å²) in [6.45, 7) is 3.82. The van der Waals surface area contributed by atoms with Crippen molar-refractivity contribution in [3.05, 3.63) is 91.4 Å². The summed E-state index contributed by atoms with van der Waals surface area (Å²) in [6, 6.07) is 16.8. The van der Waals surface area contributed by atoms with E-state index in [4.69, 9.17) is 55.9 Å². The highest BCUT2D eigenvalue weighted by atomic mass is 35.5. The Kier molecular flexibility index (Phi) is 8.55. The van der Waals surface area contributed by atoms with Crippen molar-refractivity contribution in [1.29, 1.82) is 0 Å². The van der Waals surface area contributed by atoms with Crippen molar-refractivity contribution in [3.63, 3.8) is 0 Å². The van der Waals surface area contributed by atoms with E-state index in [1.165, 1.54) is 0 Å². The van der Waals surface area contributed by atoms with Crippen LogP contribution in [0.2, 0.25) is 20.1 Å². The lowest BCUT2D eigenvalue weighted by atomic mass is 10.1. The van der Waals surface area contributed by atoms with Gasteiger partial charge in [-0.3, -0.25) is 0 Å². The Labute approximate surface area is 196 Å². The number of hydrogen-bond donors (Lipinski definition) is 1. The van der Waals surface area contributed by atoms with Gasteiger partial charge in [0.25, 0.3) is 0 Å². The highest BCUT2D eigenvalue weighted by Gasteiger charge is 2.15. The van der Waals surface area contributed by atoms with Crippen LogP contribution in [-0.4, -0.2) is 6.61 Å². The largest absolute Gasteiger partial charge is 0.490 e. The lowest BCUT2D eigenvalue weighted by Crippen LogP contribution is -2.13. The Balaban J connectivity index is 1.72. The van der Waals surface area contributed by atoms with Gasteiger partial charge in [-0.1, -0.05) is 70.7 Å². The van der Waals surface area contributed by atoms with Gasteiger partial charge in [-0.05, 0) is 48.4 Å². The van der Waals surface area contributed by atoms with Crippen LogP contribution in [0, 0.1) is 0 Å². The average molecular weight is 485 g/mol. The van der Waals surface area contributed by atoms with Gasteiger partial charge in [0, 0.05) is 33.7 Å². The van der Waals surface area contributed by atoms with Gasteiger partial charge in [-0.2, -0.15) is 0 Å². The van der Waals surface area contributed by atoms with Gasteiger partial charge >= 0.3 is 0 Å². The fourth-order valence-corrected chi connectivity index (χ4v) is 3.92. The fourth-order valence-electron chi connectivity index (χ4n) is 2.92.